The lowest BCUT2D eigenvalue weighted by atomic mass is 9.95. The van der Waals surface area contributed by atoms with Gasteiger partial charge in [0, 0.05) is 30.6 Å². The summed E-state index contributed by atoms with van der Waals surface area (Å²) in [6.07, 6.45) is 4.54. The number of pyridine rings is 1. The number of carbonyl (C=O) groups is 1. The zero-order valence-electron chi connectivity index (χ0n) is 16.8. The third-order valence-corrected chi connectivity index (χ3v) is 6.90. The molecule has 1 amide bonds. The standard InChI is InChI=1S/C21H25N5O3S/c1-30(28,29)26-12-9-16(10-13-26)21(27)23-18(14-15-6-3-2-4-7-15)19-17-8-5-11-22-20(17)25-24-19/h2-8,11,16,18H,9-10,12-14H2,1H3,(H,23,27)(H,22,24,25). The molecule has 0 spiro atoms. The van der Waals surface area contributed by atoms with Gasteiger partial charge in [0.25, 0.3) is 0 Å². The van der Waals surface area contributed by atoms with Crippen LogP contribution in [-0.4, -0.2) is 53.2 Å². The molecule has 1 aliphatic heterocycles. The zero-order valence-corrected chi connectivity index (χ0v) is 17.6. The van der Waals surface area contributed by atoms with Crippen LogP contribution in [-0.2, 0) is 21.2 Å². The highest BCUT2D eigenvalue weighted by atomic mass is 32.2. The van der Waals surface area contributed by atoms with Crippen molar-refractivity contribution in [2.75, 3.05) is 19.3 Å². The van der Waals surface area contributed by atoms with Crippen LogP contribution in [0.25, 0.3) is 11.0 Å². The van der Waals surface area contributed by atoms with Gasteiger partial charge in [-0.15, -0.1) is 0 Å². The van der Waals surface area contributed by atoms with Crippen LogP contribution in [0.1, 0.15) is 30.1 Å². The molecule has 0 radical (unpaired) electrons. The Bertz CT molecular complexity index is 1120. The van der Waals surface area contributed by atoms with Crippen LogP contribution in [0.3, 0.4) is 0 Å². The van der Waals surface area contributed by atoms with E-state index in [-0.39, 0.29) is 17.9 Å². The Kier molecular flexibility index (Phi) is 5.83. The molecule has 1 saturated heterocycles. The monoisotopic (exact) mass is 427 g/mol. The van der Waals surface area contributed by atoms with E-state index in [0.29, 0.717) is 38.0 Å². The smallest absolute Gasteiger partial charge is 0.223 e. The quantitative estimate of drug-likeness (QED) is 0.626. The third kappa shape index (κ3) is 4.52. The molecule has 1 unspecified atom stereocenters. The average Bonchev–Trinajstić information content (AvgIpc) is 3.17. The van der Waals surface area contributed by atoms with E-state index in [0.717, 1.165) is 16.6 Å². The highest BCUT2D eigenvalue weighted by Crippen LogP contribution is 2.26. The summed E-state index contributed by atoms with van der Waals surface area (Å²) >= 11 is 0. The molecule has 0 bridgehead atoms. The Morgan fingerprint density at radius 1 is 1.20 bits per heavy atom. The van der Waals surface area contributed by atoms with E-state index >= 15 is 0 Å². The second-order valence-electron chi connectivity index (χ2n) is 7.70. The summed E-state index contributed by atoms with van der Waals surface area (Å²) in [7, 11) is -3.22. The fourth-order valence-electron chi connectivity index (χ4n) is 3.95. The lowest BCUT2D eigenvalue weighted by Crippen LogP contribution is -2.43. The van der Waals surface area contributed by atoms with Crippen LogP contribution in [0.5, 0.6) is 0 Å². The van der Waals surface area contributed by atoms with E-state index in [2.05, 4.69) is 20.5 Å². The number of aromatic nitrogens is 3. The highest BCUT2D eigenvalue weighted by Gasteiger charge is 2.30. The summed E-state index contributed by atoms with van der Waals surface area (Å²) in [4.78, 5) is 17.3. The molecule has 158 valence electrons. The number of sulfonamides is 1. The topological polar surface area (TPSA) is 108 Å². The zero-order chi connectivity index (χ0) is 21.1. The first kappa shape index (κ1) is 20.5. The first-order chi connectivity index (χ1) is 14.4. The van der Waals surface area contributed by atoms with Crippen molar-refractivity contribution in [3.8, 4) is 0 Å². The fourth-order valence-corrected chi connectivity index (χ4v) is 4.82. The van der Waals surface area contributed by atoms with E-state index in [1.165, 1.54) is 10.6 Å². The van der Waals surface area contributed by atoms with Gasteiger partial charge in [0.2, 0.25) is 15.9 Å². The summed E-state index contributed by atoms with van der Waals surface area (Å²) in [5, 5.41) is 11.4. The van der Waals surface area contributed by atoms with E-state index in [1.807, 2.05) is 42.5 Å². The van der Waals surface area contributed by atoms with Gasteiger partial charge in [-0.25, -0.2) is 17.7 Å². The van der Waals surface area contributed by atoms with E-state index < -0.39 is 10.0 Å². The summed E-state index contributed by atoms with van der Waals surface area (Å²) < 4.78 is 24.9. The molecule has 1 aliphatic rings. The van der Waals surface area contributed by atoms with Crippen molar-refractivity contribution < 1.29 is 13.2 Å². The maximum Gasteiger partial charge on any atom is 0.223 e. The summed E-state index contributed by atoms with van der Waals surface area (Å²) in [6.45, 7) is 0.744. The van der Waals surface area contributed by atoms with Crippen LogP contribution in [0.2, 0.25) is 0 Å². The second kappa shape index (κ2) is 8.53. The number of nitrogens with zero attached hydrogens (tertiary/aromatic N) is 3. The predicted molar refractivity (Wildman–Crippen MR) is 114 cm³/mol. The molecule has 2 aromatic heterocycles. The molecule has 8 nitrogen and oxygen atoms in total. The number of amides is 1. The molecule has 2 N–H and O–H groups in total. The number of carbonyl (C=O) groups excluding carboxylic acids is 1. The minimum absolute atomic E-state index is 0.0595. The van der Waals surface area contributed by atoms with Gasteiger partial charge in [-0.3, -0.25) is 9.89 Å². The van der Waals surface area contributed by atoms with E-state index in [9.17, 15) is 13.2 Å². The number of rotatable bonds is 6. The molecule has 0 aliphatic carbocycles. The van der Waals surface area contributed by atoms with Gasteiger partial charge in [-0.05, 0) is 37.0 Å². The number of benzene rings is 1. The Morgan fingerprint density at radius 2 is 1.93 bits per heavy atom. The Labute approximate surface area is 175 Å². The lowest BCUT2D eigenvalue weighted by Gasteiger charge is -2.30. The van der Waals surface area contributed by atoms with Gasteiger partial charge in [0.1, 0.15) is 0 Å². The van der Waals surface area contributed by atoms with Gasteiger partial charge >= 0.3 is 0 Å². The molecule has 1 atom stereocenters. The highest BCUT2D eigenvalue weighted by molar-refractivity contribution is 7.88. The molecular formula is C21H25N5O3S. The van der Waals surface area contributed by atoms with Crippen LogP contribution in [0.4, 0.5) is 0 Å². The third-order valence-electron chi connectivity index (χ3n) is 5.60. The normalized spacial score (nSPS) is 17.1. The summed E-state index contributed by atoms with van der Waals surface area (Å²) in [6, 6.07) is 13.5. The van der Waals surface area contributed by atoms with Crippen LogP contribution < -0.4 is 5.32 Å². The van der Waals surface area contributed by atoms with Gasteiger partial charge in [-0.1, -0.05) is 30.3 Å². The van der Waals surface area contributed by atoms with Crippen molar-refractivity contribution in [1.82, 2.24) is 24.8 Å². The van der Waals surface area contributed by atoms with Crippen molar-refractivity contribution in [2.24, 2.45) is 5.92 Å². The SMILES string of the molecule is CS(=O)(=O)N1CCC(C(=O)NC(Cc2ccccc2)c2[nH]nc3ncccc23)CC1. The molecule has 4 rings (SSSR count). The number of aromatic amines is 1. The number of fused-ring (bicyclic) bond motifs is 1. The molecular weight excluding hydrogens is 402 g/mol. The summed E-state index contributed by atoms with van der Waals surface area (Å²) in [5.74, 6) is -0.274. The van der Waals surface area contributed by atoms with Crippen LogP contribution >= 0.6 is 0 Å². The minimum Gasteiger partial charge on any atom is -0.347 e. The molecule has 3 heterocycles. The number of hydrogen-bond acceptors (Lipinski definition) is 5. The van der Waals surface area contributed by atoms with Crippen molar-refractivity contribution in [2.45, 2.75) is 25.3 Å². The van der Waals surface area contributed by atoms with Crippen molar-refractivity contribution >= 4 is 27.0 Å². The molecule has 9 heteroatoms. The predicted octanol–water partition coefficient (Wildman–Crippen LogP) is 2.03. The number of hydrogen-bond donors (Lipinski definition) is 2. The van der Waals surface area contributed by atoms with E-state index in [1.54, 1.807) is 6.20 Å². The minimum atomic E-state index is -3.22. The van der Waals surface area contributed by atoms with Gasteiger partial charge in [-0.2, -0.15) is 5.10 Å². The van der Waals surface area contributed by atoms with Crippen molar-refractivity contribution in [1.29, 1.82) is 0 Å². The average molecular weight is 428 g/mol. The number of piperidine rings is 1. The maximum atomic E-state index is 13.1. The Balaban J connectivity index is 1.54. The summed E-state index contributed by atoms with van der Waals surface area (Å²) in [5.41, 5.74) is 2.53. The van der Waals surface area contributed by atoms with Crippen molar-refractivity contribution in [3.05, 3.63) is 59.9 Å². The number of H-pyrrole nitrogens is 1. The van der Waals surface area contributed by atoms with Gasteiger partial charge in [0.15, 0.2) is 5.65 Å². The fraction of sp³-hybridized carbons (Fsp3) is 0.381. The van der Waals surface area contributed by atoms with Crippen molar-refractivity contribution in [3.63, 3.8) is 0 Å². The lowest BCUT2D eigenvalue weighted by molar-refractivity contribution is -0.126. The molecule has 0 saturated carbocycles. The van der Waals surface area contributed by atoms with Gasteiger partial charge < -0.3 is 5.32 Å². The van der Waals surface area contributed by atoms with Crippen LogP contribution in [0.15, 0.2) is 48.7 Å². The van der Waals surface area contributed by atoms with Crippen LogP contribution in [0, 0.1) is 5.92 Å². The largest absolute Gasteiger partial charge is 0.347 e. The van der Waals surface area contributed by atoms with Gasteiger partial charge in [0.05, 0.1) is 18.0 Å². The first-order valence-corrected chi connectivity index (χ1v) is 11.8. The first-order valence-electron chi connectivity index (χ1n) is 10.0. The second-order valence-corrected chi connectivity index (χ2v) is 9.68. The molecule has 1 fully saturated rings. The molecule has 1 aromatic carbocycles. The van der Waals surface area contributed by atoms with E-state index in [4.69, 9.17) is 0 Å². The number of nitrogens with one attached hydrogen (secondary N) is 2. The maximum absolute atomic E-state index is 13.1. The Morgan fingerprint density at radius 3 is 2.63 bits per heavy atom. The Hall–Kier alpha value is -2.78. The molecule has 3 aromatic rings. The molecule has 30 heavy (non-hydrogen) atoms.